The zero-order valence-electron chi connectivity index (χ0n) is 81.9. The molecule has 0 saturated heterocycles. The van der Waals surface area contributed by atoms with E-state index in [1.807, 2.05) is 38.1 Å². The van der Waals surface area contributed by atoms with Gasteiger partial charge >= 0.3 is 6.09 Å². The van der Waals surface area contributed by atoms with Crippen LogP contribution in [0.5, 0.6) is 5.75 Å². The Kier molecular flexibility index (Phi) is 45.3. The number of carbonyl (C=O) groups excluding carboxylic acids is 10. The van der Waals surface area contributed by atoms with Crippen LogP contribution in [0.2, 0.25) is 0 Å². The fourth-order valence-corrected chi connectivity index (χ4v) is 20.7. The van der Waals surface area contributed by atoms with Gasteiger partial charge in [0, 0.05) is 56.7 Å². The molecule has 0 aliphatic heterocycles. The van der Waals surface area contributed by atoms with Crippen LogP contribution in [0.15, 0.2) is 52.9 Å². The topological polar surface area (TPSA) is 460 Å². The van der Waals surface area contributed by atoms with Crippen molar-refractivity contribution in [3.63, 3.8) is 0 Å². The third-order valence-corrected chi connectivity index (χ3v) is 28.4. The standard InChI is InChI=1S/C100H157N13O22/c1-68(2)88(93(122)106-69(3)90(119)109-81(65-114)92(121)107-72-32-28-70-30-34-83-97(4,77(70)63-72)38-21-40-99(83,6)94(123)111-95(124)100(7)41-22-39-98(5)78-64-73(115)33-29-71(78)31-35-84(98)100)110-91(120)80(108-86(117)37-48-127-52-56-131-60-62-133-58-54-129-50-45-105-96(125)135-66-76-74-23-15-11-12-16-24-75(74)76)26-18-14-20-42-103-87(118)67-134-82-27-19-13-17-25-79(89(82)112-101)102-44-49-128-53-57-132-61-59-130-55-51-126-47-36-85(116)104-43-46-113(8,9)10/h28-29,32-33,63-64,68-69,74-76,80-84,88,114H,13-27,30-31,34-62,65-67H2,1-10H3,(H11-,101,102,103,104,105,106,107,108,109,110,111,115,116,117,118,119,120,121,122,123,124,125)/p+1/t69-,74-,75+,76-,80+,81-,82?,83+,84+,88-,97+,98+,99-,100-/m0/s1. The van der Waals surface area contributed by atoms with Crippen molar-refractivity contribution in [2.45, 2.75) is 250 Å². The number of aromatic hydroxyl groups is 1. The van der Waals surface area contributed by atoms with Crippen molar-refractivity contribution < 1.29 is 110 Å². The molecule has 754 valence electrons. The van der Waals surface area contributed by atoms with Crippen molar-refractivity contribution in [2.75, 3.05) is 185 Å². The lowest BCUT2D eigenvalue weighted by Gasteiger charge is -2.56. The third kappa shape index (κ3) is 34.1. The smallest absolute Gasteiger partial charge is 0.407 e. The number of carbonyl (C=O) groups is 10. The monoisotopic (exact) mass is 1890 g/mol. The number of alkyl carbamates (subject to hydrolysis) is 1. The number of allylic oxidation sites excluding steroid dienone is 1. The molecule has 35 nitrogen and oxygen atoms in total. The Morgan fingerprint density at radius 2 is 1.07 bits per heavy atom. The van der Waals surface area contributed by atoms with Gasteiger partial charge in [-0.3, -0.25) is 48.5 Å². The number of fused-ring (bicyclic) bond motifs is 7. The van der Waals surface area contributed by atoms with Gasteiger partial charge in [-0.1, -0.05) is 92.2 Å². The van der Waals surface area contributed by atoms with Crippen LogP contribution in [0.3, 0.4) is 0 Å². The summed E-state index contributed by atoms with van der Waals surface area (Å²) < 4.78 is 57.5. The number of quaternary nitrogens is 1. The number of anilines is 1. The van der Waals surface area contributed by atoms with Gasteiger partial charge in [0.15, 0.2) is 0 Å². The number of likely N-dealkylation sites (N-methyl/N-ethyl adjacent to an activating group) is 1. The summed E-state index contributed by atoms with van der Waals surface area (Å²) >= 11 is 0. The highest BCUT2D eigenvalue weighted by Crippen LogP contribution is 2.60. The maximum Gasteiger partial charge on any atom is 0.407 e. The Labute approximate surface area is 798 Å². The molecule has 3 fully saturated rings. The van der Waals surface area contributed by atoms with Gasteiger partial charge < -0.3 is 110 Å². The van der Waals surface area contributed by atoms with E-state index >= 15 is 0 Å². The summed E-state index contributed by atoms with van der Waals surface area (Å²) in [6.07, 6.45) is 15.8. The van der Waals surface area contributed by atoms with Crippen molar-refractivity contribution in [3.05, 3.63) is 70.0 Å². The first kappa shape index (κ1) is 110. The number of nitrogens with one attached hydrogen (secondary N) is 11. The molecule has 13 N–H and O–H groups in total. The van der Waals surface area contributed by atoms with Crippen molar-refractivity contribution in [1.82, 2.24) is 47.9 Å². The molecule has 0 bridgehead atoms. The van der Waals surface area contributed by atoms with Crippen LogP contribution >= 0.6 is 0 Å². The van der Waals surface area contributed by atoms with Gasteiger partial charge in [-0.2, -0.15) is 5.11 Å². The van der Waals surface area contributed by atoms with Crippen molar-refractivity contribution in [2.24, 2.45) is 51.5 Å². The minimum atomic E-state index is -1.46. The van der Waals surface area contributed by atoms with E-state index in [0.29, 0.717) is 205 Å². The lowest BCUT2D eigenvalue weighted by molar-refractivity contribution is -0.869. The first-order chi connectivity index (χ1) is 64.8. The highest BCUT2D eigenvalue weighted by atomic mass is 16.6. The largest absolute Gasteiger partial charge is 0.508 e. The van der Waals surface area contributed by atoms with Crippen LogP contribution in [0.1, 0.15) is 218 Å². The second kappa shape index (κ2) is 55.7. The van der Waals surface area contributed by atoms with Crippen LogP contribution in [-0.4, -0.2) is 284 Å². The number of imide groups is 1. The number of benzene rings is 2. The molecule has 2 aromatic carbocycles. The number of aliphatic hydroxyl groups excluding tert-OH is 1. The van der Waals surface area contributed by atoms with Crippen LogP contribution in [0, 0.1) is 63.7 Å². The van der Waals surface area contributed by atoms with Gasteiger partial charge in [-0.25, -0.2) is 10.3 Å². The van der Waals surface area contributed by atoms with E-state index in [2.05, 4.69) is 105 Å². The van der Waals surface area contributed by atoms with Gasteiger partial charge in [0.2, 0.25) is 53.2 Å². The van der Waals surface area contributed by atoms with E-state index in [9.17, 15) is 58.2 Å². The Bertz CT molecular complexity index is 4270. The first-order valence-electron chi connectivity index (χ1n) is 49.5. The second-order valence-corrected chi connectivity index (χ2v) is 39.6. The van der Waals surface area contributed by atoms with Gasteiger partial charge in [0.25, 0.3) is 0 Å². The molecular formula is C100H158N13O22+. The van der Waals surface area contributed by atoms with E-state index in [4.69, 9.17) is 52.9 Å². The molecule has 9 rings (SSSR count). The number of phenols is 1. The number of aryl methyl sites for hydroxylation is 2. The van der Waals surface area contributed by atoms with E-state index in [1.165, 1.54) is 12.5 Å². The minimum absolute atomic E-state index is 0.00286. The average Bonchev–Trinajstić information content (AvgIpc) is 1.58. The molecule has 7 aliphatic rings. The van der Waals surface area contributed by atoms with Crippen LogP contribution in [0.4, 0.5) is 10.5 Å². The molecule has 3 saturated carbocycles. The third-order valence-electron chi connectivity index (χ3n) is 28.4. The highest BCUT2D eigenvalue weighted by molar-refractivity contribution is 6.01. The van der Waals surface area contributed by atoms with Gasteiger partial charge in [0.1, 0.15) is 48.3 Å². The number of nitrogens with zero attached hydrogens (tertiary/aromatic N) is 2. The maximum absolute atomic E-state index is 14.9. The molecule has 0 aromatic heterocycles. The number of hydrogen-bond acceptors (Lipinski definition) is 25. The molecule has 2 aromatic rings. The number of hydrogen-bond donors (Lipinski definition) is 13. The van der Waals surface area contributed by atoms with Crippen LogP contribution in [-0.2, 0) is 114 Å². The minimum Gasteiger partial charge on any atom is -0.508 e. The number of unbranched alkanes of at least 4 members (excludes halogenated alkanes) is 2. The second-order valence-electron chi connectivity index (χ2n) is 39.6. The van der Waals surface area contributed by atoms with E-state index in [-0.39, 0.29) is 99.0 Å². The summed E-state index contributed by atoms with van der Waals surface area (Å²) in [5.74, 6) is 3.12. The summed E-state index contributed by atoms with van der Waals surface area (Å²) in [6, 6.07) is 6.10. The van der Waals surface area contributed by atoms with E-state index in [1.54, 1.807) is 26.0 Å². The molecule has 1 unspecified atom stereocenters. The quantitative estimate of drug-likeness (QED) is 0.00978. The van der Waals surface area contributed by atoms with E-state index < -0.39 is 94.7 Å². The molecule has 7 aliphatic carbocycles. The predicted molar refractivity (Wildman–Crippen MR) is 506 cm³/mol. The lowest BCUT2D eigenvalue weighted by Crippen LogP contribution is -2.60. The predicted octanol–water partition coefficient (Wildman–Crippen LogP) is 8.06. The zero-order chi connectivity index (χ0) is 97.4. The lowest BCUT2D eigenvalue weighted by atomic mass is 9.49. The number of ether oxygens (including phenoxy) is 10. The number of rotatable bonds is 59. The SMILES string of the molecule is CC(C)[C@H](NC(=O)[C@@H](CCCCCNC(=O)COC1CCCCC/C(NCCOCCOCCOCCOCCC(=O)NCC[N+](C)(C)C)=C\1N=N)NC(=O)CCOCCOCCOCCOCCNC(=O)OC[C@@H]1[C@@H]2CCC#CCC[C@@H]21)C(=O)N[C@@H](C)C(=O)N[C@@H](CO)C(=O)Nc1ccc2c(c1)[C@@]1(C)CCC[C@](C)(C(=O)NC(=O)[C@@]3(C)CCC[C@]4(C)c5cc(O)ccc5CC[C@@H]34)[C@@H]1CC2. The van der Waals surface area contributed by atoms with Gasteiger partial charge in [0.05, 0.1) is 164 Å². The van der Waals surface area contributed by atoms with Gasteiger partial charge in [-0.15, -0.1) is 11.8 Å². The Balaban J connectivity index is 0.702. The molecular weight excluding hydrogens is 1740 g/mol. The molecule has 35 heteroatoms. The maximum atomic E-state index is 14.9. The summed E-state index contributed by atoms with van der Waals surface area (Å²) in [5, 5.41) is 53.8. The van der Waals surface area contributed by atoms with Crippen molar-refractivity contribution in [1.29, 1.82) is 5.53 Å². The highest BCUT2D eigenvalue weighted by Gasteiger charge is 2.59. The fraction of sp³-hybridized carbons (Fsp3) is 0.740. The summed E-state index contributed by atoms with van der Waals surface area (Å²) in [7, 11) is 6.22. The summed E-state index contributed by atoms with van der Waals surface area (Å²) in [5.41, 5.74) is 11.5. The summed E-state index contributed by atoms with van der Waals surface area (Å²) in [4.78, 5) is 138. The molecule has 10 amide bonds. The Hall–Kier alpha value is -8.80. The summed E-state index contributed by atoms with van der Waals surface area (Å²) in [6.45, 7) is 19.9. The normalized spacial score (nSPS) is 24.3. The number of aliphatic hydroxyl groups is 1. The van der Waals surface area contributed by atoms with Crippen LogP contribution in [0.25, 0.3) is 0 Å². The molecule has 0 heterocycles. The molecule has 0 spiro atoms. The zero-order valence-corrected chi connectivity index (χ0v) is 81.9. The Morgan fingerprint density at radius 3 is 1.64 bits per heavy atom. The molecule has 135 heavy (non-hydrogen) atoms. The van der Waals surface area contributed by atoms with E-state index in [0.717, 1.165) is 110 Å². The first-order valence-corrected chi connectivity index (χ1v) is 49.5. The van der Waals surface area contributed by atoms with Gasteiger partial charge in [-0.05, 0) is 196 Å². The van der Waals surface area contributed by atoms with Crippen LogP contribution < -0.4 is 53.2 Å². The molecule has 0 radical (unpaired) electrons. The Morgan fingerprint density at radius 1 is 0.526 bits per heavy atom. The average molecular weight is 1890 g/mol. The number of phenolic OH excluding ortho intramolecular Hbond substituents is 1. The molecule has 14 atom stereocenters. The van der Waals surface area contributed by atoms with Crippen molar-refractivity contribution >= 4 is 64.9 Å². The van der Waals surface area contributed by atoms with Crippen molar-refractivity contribution in [3.8, 4) is 17.6 Å². The number of amides is 10. The fourth-order valence-electron chi connectivity index (χ4n) is 20.7.